The number of benzene rings is 1. The fourth-order valence-corrected chi connectivity index (χ4v) is 1.79. The molecule has 0 aliphatic rings. The second kappa shape index (κ2) is 5.43. The van der Waals surface area contributed by atoms with Crippen molar-refractivity contribution >= 4 is 11.7 Å². The number of nitrogens with zero attached hydrogens (tertiary/aromatic N) is 1. The zero-order valence-electron chi connectivity index (χ0n) is 10.7. The minimum Gasteiger partial charge on any atom is -0.481 e. The quantitative estimate of drug-likeness (QED) is 0.913. The number of pyridine rings is 1. The Kier molecular flexibility index (Phi) is 3.84. The third-order valence-corrected chi connectivity index (χ3v) is 2.84. The minimum atomic E-state index is -4.40. The molecule has 0 radical (unpaired) electrons. The van der Waals surface area contributed by atoms with Gasteiger partial charge in [0.05, 0.1) is 29.1 Å². The maximum atomic E-state index is 12.5. The van der Waals surface area contributed by atoms with Crippen molar-refractivity contribution in [3.05, 3.63) is 47.7 Å². The van der Waals surface area contributed by atoms with E-state index in [2.05, 4.69) is 4.98 Å². The molecule has 2 aromatic rings. The first-order valence-corrected chi connectivity index (χ1v) is 5.92. The number of halogens is 3. The average molecular weight is 296 g/mol. The van der Waals surface area contributed by atoms with Gasteiger partial charge >= 0.3 is 12.1 Å². The molecule has 21 heavy (non-hydrogen) atoms. The van der Waals surface area contributed by atoms with Crippen LogP contribution in [0.2, 0.25) is 0 Å². The SMILES string of the molecule is Nc1ccc(-c2ccc(C(F)(F)F)cc2)nc1CC(=O)O. The summed E-state index contributed by atoms with van der Waals surface area (Å²) < 4.78 is 37.5. The van der Waals surface area contributed by atoms with E-state index in [0.717, 1.165) is 12.1 Å². The van der Waals surface area contributed by atoms with E-state index in [1.54, 1.807) is 0 Å². The monoisotopic (exact) mass is 296 g/mol. The van der Waals surface area contributed by atoms with Gasteiger partial charge in [0.1, 0.15) is 0 Å². The van der Waals surface area contributed by atoms with E-state index in [1.165, 1.54) is 24.3 Å². The van der Waals surface area contributed by atoms with Crippen LogP contribution in [0.5, 0.6) is 0 Å². The Morgan fingerprint density at radius 1 is 1.14 bits per heavy atom. The van der Waals surface area contributed by atoms with E-state index >= 15 is 0 Å². The van der Waals surface area contributed by atoms with Gasteiger partial charge in [0.25, 0.3) is 0 Å². The number of hydrogen-bond donors (Lipinski definition) is 2. The third kappa shape index (κ3) is 3.50. The highest BCUT2D eigenvalue weighted by molar-refractivity contribution is 5.73. The first-order chi connectivity index (χ1) is 9.77. The molecule has 3 N–H and O–H groups in total. The Morgan fingerprint density at radius 3 is 2.29 bits per heavy atom. The number of carboxylic acids is 1. The summed E-state index contributed by atoms with van der Waals surface area (Å²) in [5.41, 5.74) is 6.10. The number of rotatable bonds is 3. The molecule has 0 aliphatic heterocycles. The van der Waals surface area contributed by atoms with Crippen LogP contribution in [0.25, 0.3) is 11.3 Å². The average Bonchev–Trinajstić information content (AvgIpc) is 2.40. The lowest BCUT2D eigenvalue weighted by atomic mass is 10.1. The number of aromatic nitrogens is 1. The maximum absolute atomic E-state index is 12.5. The van der Waals surface area contributed by atoms with Crippen molar-refractivity contribution in [1.82, 2.24) is 4.98 Å². The van der Waals surface area contributed by atoms with Gasteiger partial charge < -0.3 is 10.8 Å². The molecule has 0 bridgehead atoms. The van der Waals surface area contributed by atoms with Crippen LogP contribution in [0.15, 0.2) is 36.4 Å². The molecule has 1 aromatic carbocycles. The molecule has 0 atom stereocenters. The smallest absolute Gasteiger partial charge is 0.416 e. The summed E-state index contributed by atoms with van der Waals surface area (Å²) in [5, 5.41) is 8.76. The molecule has 1 heterocycles. The topological polar surface area (TPSA) is 76.2 Å². The van der Waals surface area contributed by atoms with Crippen molar-refractivity contribution in [3.63, 3.8) is 0 Å². The highest BCUT2D eigenvalue weighted by Crippen LogP contribution is 2.30. The van der Waals surface area contributed by atoms with E-state index in [1.807, 2.05) is 0 Å². The highest BCUT2D eigenvalue weighted by Gasteiger charge is 2.30. The Labute approximate surface area is 118 Å². The van der Waals surface area contributed by atoms with E-state index in [9.17, 15) is 18.0 Å². The van der Waals surface area contributed by atoms with Crippen LogP contribution >= 0.6 is 0 Å². The van der Waals surface area contributed by atoms with E-state index < -0.39 is 17.7 Å². The molecule has 0 fully saturated rings. The van der Waals surface area contributed by atoms with E-state index in [-0.39, 0.29) is 17.8 Å². The molecule has 2 rings (SSSR count). The predicted octanol–water partition coefficient (Wildman–Crippen LogP) is 2.98. The van der Waals surface area contributed by atoms with Crippen molar-refractivity contribution < 1.29 is 23.1 Å². The maximum Gasteiger partial charge on any atom is 0.416 e. The predicted molar refractivity (Wildman–Crippen MR) is 70.4 cm³/mol. The number of anilines is 1. The van der Waals surface area contributed by atoms with Crippen molar-refractivity contribution in [2.75, 3.05) is 5.73 Å². The molecule has 110 valence electrons. The largest absolute Gasteiger partial charge is 0.481 e. The number of alkyl halides is 3. The summed E-state index contributed by atoms with van der Waals surface area (Å²) in [4.78, 5) is 14.8. The summed E-state index contributed by atoms with van der Waals surface area (Å²) in [5.74, 6) is -1.08. The fourth-order valence-electron chi connectivity index (χ4n) is 1.79. The number of nitrogen functional groups attached to an aromatic ring is 1. The number of carbonyl (C=O) groups is 1. The zero-order valence-corrected chi connectivity index (χ0v) is 10.7. The van der Waals surface area contributed by atoms with Gasteiger partial charge in [-0.3, -0.25) is 9.78 Å². The summed E-state index contributed by atoms with van der Waals surface area (Å²) in [6.45, 7) is 0. The molecule has 0 saturated carbocycles. The normalized spacial score (nSPS) is 11.4. The molecule has 7 heteroatoms. The number of aliphatic carboxylic acids is 1. The van der Waals surface area contributed by atoms with Crippen LogP contribution < -0.4 is 5.73 Å². The van der Waals surface area contributed by atoms with Crippen molar-refractivity contribution in [2.45, 2.75) is 12.6 Å². The van der Waals surface area contributed by atoms with Crippen LogP contribution in [-0.2, 0) is 17.4 Å². The van der Waals surface area contributed by atoms with Crippen LogP contribution in [0.3, 0.4) is 0 Å². The highest BCUT2D eigenvalue weighted by atomic mass is 19.4. The van der Waals surface area contributed by atoms with Gasteiger partial charge in [-0.2, -0.15) is 13.2 Å². The van der Waals surface area contributed by atoms with Gasteiger partial charge in [-0.1, -0.05) is 12.1 Å². The second-order valence-corrected chi connectivity index (χ2v) is 4.38. The summed E-state index contributed by atoms with van der Waals surface area (Å²) in [6.07, 6.45) is -4.75. The van der Waals surface area contributed by atoms with Crippen molar-refractivity contribution in [3.8, 4) is 11.3 Å². The van der Waals surface area contributed by atoms with Gasteiger partial charge in [-0.05, 0) is 24.3 Å². The van der Waals surface area contributed by atoms with Gasteiger partial charge in [0.15, 0.2) is 0 Å². The number of carboxylic acid groups (broad SMARTS) is 1. The fraction of sp³-hybridized carbons (Fsp3) is 0.143. The Balaban J connectivity index is 2.36. The lowest BCUT2D eigenvalue weighted by molar-refractivity contribution is -0.138. The number of nitrogens with two attached hydrogens (primary N) is 1. The standard InChI is InChI=1S/C14H11F3N2O2/c15-14(16,17)9-3-1-8(2-4-9)11-6-5-10(18)12(19-11)7-13(20)21/h1-6H,7,18H2,(H,20,21). The Bertz CT molecular complexity index is 667. The summed E-state index contributed by atoms with van der Waals surface area (Å²) in [6, 6.07) is 7.48. The molecule has 0 spiro atoms. The molecule has 0 saturated heterocycles. The molecule has 0 amide bonds. The molecular weight excluding hydrogens is 285 g/mol. The Morgan fingerprint density at radius 2 is 1.76 bits per heavy atom. The van der Waals surface area contributed by atoms with Crippen LogP contribution in [0.4, 0.5) is 18.9 Å². The first kappa shape index (κ1) is 14.8. The van der Waals surface area contributed by atoms with Gasteiger partial charge in [0, 0.05) is 5.56 Å². The van der Waals surface area contributed by atoms with Gasteiger partial charge in [0.2, 0.25) is 0 Å². The lowest BCUT2D eigenvalue weighted by Gasteiger charge is -2.09. The second-order valence-electron chi connectivity index (χ2n) is 4.38. The first-order valence-electron chi connectivity index (χ1n) is 5.92. The number of hydrogen-bond acceptors (Lipinski definition) is 3. The van der Waals surface area contributed by atoms with Gasteiger partial charge in [-0.15, -0.1) is 0 Å². The Hall–Kier alpha value is -2.57. The zero-order chi connectivity index (χ0) is 15.6. The minimum absolute atomic E-state index is 0.180. The summed E-state index contributed by atoms with van der Waals surface area (Å²) in [7, 11) is 0. The van der Waals surface area contributed by atoms with E-state index in [0.29, 0.717) is 11.3 Å². The third-order valence-electron chi connectivity index (χ3n) is 2.84. The van der Waals surface area contributed by atoms with Crippen LogP contribution in [0, 0.1) is 0 Å². The van der Waals surface area contributed by atoms with Crippen LogP contribution in [0.1, 0.15) is 11.3 Å². The molecule has 4 nitrogen and oxygen atoms in total. The van der Waals surface area contributed by atoms with Crippen molar-refractivity contribution in [2.24, 2.45) is 0 Å². The molecule has 0 aliphatic carbocycles. The van der Waals surface area contributed by atoms with Gasteiger partial charge in [-0.25, -0.2) is 0 Å². The van der Waals surface area contributed by atoms with E-state index in [4.69, 9.17) is 10.8 Å². The van der Waals surface area contributed by atoms with Crippen LogP contribution in [-0.4, -0.2) is 16.1 Å². The molecule has 1 aromatic heterocycles. The molecular formula is C14H11F3N2O2. The summed E-state index contributed by atoms with van der Waals surface area (Å²) >= 11 is 0. The lowest BCUT2D eigenvalue weighted by Crippen LogP contribution is -2.07. The van der Waals surface area contributed by atoms with Crippen molar-refractivity contribution in [1.29, 1.82) is 0 Å². The molecule has 0 unspecified atom stereocenters.